The second-order valence-electron chi connectivity index (χ2n) is 9.41. The van der Waals surface area contributed by atoms with Gasteiger partial charge < -0.3 is 30.3 Å². The Bertz CT molecular complexity index is 826. The average molecular weight is 515 g/mol. The Kier molecular flexibility index (Phi) is 10.5. The number of urea groups is 1. The lowest BCUT2D eigenvalue weighted by atomic mass is 9.84. The van der Waals surface area contributed by atoms with E-state index in [-0.39, 0.29) is 23.7 Å². The fraction of sp³-hybridized carbons (Fsp3) is 0.680. The minimum Gasteiger partial charge on any atom is -0.406 e. The van der Waals surface area contributed by atoms with E-state index in [2.05, 4.69) is 20.7 Å². The van der Waals surface area contributed by atoms with Crippen LogP contribution in [0.4, 0.5) is 23.7 Å². The van der Waals surface area contributed by atoms with Gasteiger partial charge in [0.25, 0.3) is 0 Å². The highest BCUT2D eigenvalue weighted by Gasteiger charge is 2.31. The molecular formula is C25H37F3N4O4. The van der Waals surface area contributed by atoms with Gasteiger partial charge in [-0.15, -0.1) is 13.2 Å². The molecule has 1 aliphatic carbocycles. The summed E-state index contributed by atoms with van der Waals surface area (Å²) >= 11 is 0. The molecule has 2 aliphatic rings. The molecule has 1 aromatic carbocycles. The number of nitrogens with zero attached hydrogens (tertiary/aromatic N) is 1. The van der Waals surface area contributed by atoms with Crippen molar-refractivity contribution in [1.29, 1.82) is 0 Å². The fourth-order valence-electron chi connectivity index (χ4n) is 4.61. The zero-order valence-corrected chi connectivity index (χ0v) is 20.7. The number of rotatable bonds is 10. The van der Waals surface area contributed by atoms with Crippen molar-refractivity contribution in [3.63, 3.8) is 0 Å². The SMILES string of the molecule is CC[C@@H](CNc1ccc(OC(F)(F)F)cc1)NC(=O)[C@H](CC1CCCCC1)NC(=O)N1CCOCC1. The van der Waals surface area contributed by atoms with Crippen LogP contribution in [0.5, 0.6) is 5.75 Å². The van der Waals surface area contributed by atoms with Gasteiger partial charge in [-0.25, -0.2) is 4.79 Å². The lowest BCUT2D eigenvalue weighted by Gasteiger charge is -2.31. The summed E-state index contributed by atoms with van der Waals surface area (Å²) in [7, 11) is 0. The number of benzene rings is 1. The van der Waals surface area contributed by atoms with E-state index in [1.54, 1.807) is 4.90 Å². The van der Waals surface area contributed by atoms with Gasteiger partial charge in [0, 0.05) is 31.4 Å². The van der Waals surface area contributed by atoms with Crippen molar-refractivity contribution in [2.24, 2.45) is 5.92 Å². The Balaban J connectivity index is 1.56. The van der Waals surface area contributed by atoms with Crippen LogP contribution in [0.3, 0.4) is 0 Å². The number of morpholine rings is 1. The van der Waals surface area contributed by atoms with E-state index in [0.29, 0.717) is 57.3 Å². The second-order valence-corrected chi connectivity index (χ2v) is 9.41. The lowest BCUT2D eigenvalue weighted by Crippen LogP contribution is -2.55. The summed E-state index contributed by atoms with van der Waals surface area (Å²) in [6, 6.07) is 4.34. The summed E-state index contributed by atoms with van der Waals surface area (Å²) in [6.07, 6.45) is 2.12. The molecule has 1 saturated heterocycles. The molecule has 0 radical (unpaired) electrons. The van der Waals surface area contributed by atoms with Crippen molar-refractivity contribution in [3.8, 4) is 5.75 Å². The molecule has 2 atom stereocenters. The number of amides is 3. The van der Waals surface area contributed by atoms with Crippen molar-refractivity contribution < 1.29 is 32.2 Å². The smallest absolute Gasteiger partial charge is 0.406 e. The first kappa shape index (κ1) is 27.9. The maximum absolute atomic E-state index is 13.3. The van der Waals surface area contributed by atoms with E-state index in [1.165, 1.54) is 30.7 Å². The molecule has 1 aromatic rings. The van der Waals surface area contributed by atoms with Gasteiger partial charge in [0.05, 0.1) is 13.2 Å². The van der Waals surface area contributed by atoms with Crippen molar-refractivity contribution >= 4 is 17.6 Å². The van der Waals surface area contributed by atoms with Crippen LogP contribution in [0.25, 0.3) is 0 Å². The van der Waals surface area contributed by atoms with Gasteiger partial charge in [-0.1, -0.05) is 39.0 Å². The quantitative estimate of drug-likeness (QED) is 0.434. The molecule has 11 heteroatoms. The van der Waals surface area contributed by atoms with Gasteiger partial charge in [-0.2, -0.15) is 0 Å². The Labute approximate surface area is 210 Å². The molecule has 2 fully saturated rings. The summed E-state index contributed by atoms with van der Waals surface area (Å²) < 4.78 is 46.3. The normalized spacial score (nSPS) is 18.7. The minimum atomic E-state index is -4.74. The predicted molar refractivity (Wildman–Crippen MR) is 130 cm³/mol. The van der Waals surface area contributed by atoms with Gasteiger partial charge in [0.2, 0.25) is 5.91 Å². The molecule has 36 heavy (non-hydrogen) atoms. The zero-order valence-electron chi connectivity index (χ0n) is 20.7. The van der Waals surface area contributed by atoms with Crippen LogP contribution in [0.2, 0.25) is 0 Å². The summed E-state index contributed by atoms with van der Waals surface area (Å²) in [5.41, 5.74) is 0.608. The highest BCUT2D eigenvalue weighted by molar-refractivity contribution is 5.87. The van der Waals surface area contributed by atoms with Crippen LogP contribution < -0.4 is 20.7 Å². The Hall–Kier alpha value is -2.69. The van der Waals surface area contributed by atoms with Gasteiger partial charge in [-0.05, 0) is 43.0 Å². The molecule has 0 bridgehead atoms. The molecule has 1 aliphatic heterocycles. The first-order chi connectivity index (χ1) is 17.2. The molecule has 0 spiro atoms. The summed E-state index contributed by atoms with van der Waals surface area (Å²) in [6.45, 7) is 4.29. The molecule has 3 amide bonds. The molecule has 0 unspecified atom stereocenters. The molecular weight excluding hydrogens is 477 g/mol. The minimum absolute atomic E-state index is 0.218. The van der Waals surface area contributed by atoms with E-state index in [0.717, 1.165) is 25.7 Å². The first-order valence-electron chi connectivity index (χ1n) is 12.8. The van der Waals surface area contributed by atoms with Gasteiger partial charge >= 0.3 is 12.4 Å². The molecule has 3 N–H and O–H groups in total. The third-order valence-corrected chi connectivity index (χ3v) is 6.69. The van der Waals surface area contributed by atoms with Crippen molar-refractivity contribution in [2.75, 3.05) is 38.2 Å². The van der Waals surface area contributed by atoms with Gasteiger partial charge in [-0.3, -0.25) is 4.79 Å². The topological polar surface area (TPSA) is 91.9 Å². The number of ether oxygens (including phenoxy) is 2. The third-order valence-electron chi connectivity index (χ3n) is 6.69. The van der Waals surface area contributed by atoms with Crippen LogP contribution in [0, 0.1) is 5.92 Å². The van der Waals surface area contributed by atoms with Crippen LogP contribution in [-0.2, 0) is 9.53 Å². The van der Waals surface area contributed by atoms with Crippen LogP contribution in [-0.4, -0.2) is 68.1 Å². The van der Waals surface area contributed by atoms with E-state index in [9.17, 15) is 22.8 Å². The summed E-state index contributed by atoms with van der Waals surface area (Å²) in [5, 5.41) is 9.14. The molecule has 8 nitrogen and oxygen atoms in total. The maximum Gasteiger partial charge on any atom is 0.573 e. The lowest BCUT2D eigenvalue weighted by molar-refractivity contribution is -0.274. The van der Waals surface area contributed by atoms with E-state index >= 15 is 0 Å². The van der Waals surface area contributed by atoms with Gasteiger partial charge in [0.15, 0.2) is 0 Å². The molecule has 0 aromatic heterocycles. The maximum atomic E-state index is 13.3. The predicted octanol–water partition coefficient (Wildman–Crippen LogP) is 4.27. The number of alkyl halides is 3. The first-order valence-corrected chi connectivity index (χ1v) is 12.8. The molecule has 202 valence electrons. The largest absolute Gasteiger partial charge is 0.573 e. The second kappa shape index (κ2) is 13.6. The van der Waals surface area contributed by atoms with Crippen molar-refractivity contribution in [3.05, 3.63) is 24.3 Å². The van der Waals surface area contributed by atoms with Crippen molar-refractivity contribution in [2.45, 2.75) is 70.3 Å². The number of anilines is 1. The zero-order chi connectivity index (χ0) is 26.0. The summed E-state index contributed by atoms with van der Waals surface area (Å²) in [4.78, 5) is 27.8. The number of halogens is 3. The number of hydrogen-bond donors (Lipinski definition) is 3. The molecule has 1 saturated carbocycles. The summed E-state index contributed by atoms with van der Waals surface area (Å²) in [5.74, 6) is -0.116. The highest BCUT2D eigenvalue weighted by atomic mass is 19.4. The Morgan fingerprint density at radius 3 is 2.36 bits per heavy atom. The fourth-order valence-corrected chi connectivity index (χ4v) is 4.61. The number of nitrogens with one attached hydrogen (secondary N) is 3. The number of hydrogen-bond acceptors (Lipinski definition) is 5. The highest BCUT2D eigenvalue weighted by Crippen LogP contribution is 2.28. The van der Waals surface area contributed by atoms with E-state index in [1.807, 2.05) is 6.92 Å². The van der Waals surface area contributed by atoms with Gasteiger partial charge in [0.1, 0.15) is 11.8 Å². The number of carbonyl (C=O) groups is 2. The Morgan fingerprint density at radius 2 is 1.75 bits per heavy atom. The van der Waals surface area contributed by atoms with Crippen molar-refractivity contribution in [1.82, 2.24) is 15.5 Å². The van der Waals surface area contributed by atoms with E-state index in [4.69, 9.17) is 4.74 Å². The van der Waals surface area contributed by atoms with Crippen LogP contribution in [0.15, 0.2) is 24.3 Å². The molecule has 1 heterocycles. The average Bonchev–Trinajstić information content (AvgIpc) is 2.87. The monoisotopic (exact) mass is 514 g/mol. The number of carbonyl (C=O) groups excluding carboxylic acids is 2. The standard InChI is InChI=1S/C25H37F3N4O4/c1-2-19(17-29-20-8-10-21(11-9-20)36-25(26,27)28)30-23(33)22(16-18-6-4-3-5-7-18)31-24(34)32-12-14-35-15-13-32/h8-11,18-19,22,29H,2-7,12-17H2,1H3,(H,30,33)(H,31,34)/t19-,22-/m0/s1. The van der Waals surface area contributed by atoms with E-state index < -0.39 is 12.4 Å². The Morgan fingerprint density at radius 1 is 1.08 bits per heavy atom. The van der Waals surface area contributed by atoms with Crippen LogP contribution in [0.1, 0.15) is 51.9 Å². The third kappa shape index (κ3) is 9.40. The molecule has 3 rings (SSSR count). The van der Waals surface area contributed by atoms with Crippen LogP contribution >= 0.6 is 0 Å².